The van der Waals surface area contributed by atoms with E-state index in [-0.39, 0.29) is 10.6 Å². The van der Waals surface area contributed by atoms with Crippen molar-refractivity contribution < 1.29 is 4.92 Å². The topological polar surface area (TPSA) is 59.3 Å². The Bertz CT molecular complexity index is 473. The summed E-state index contributed by atoms with van der Waals surface area (Å²) in [6.07, 6.45) is 14.2. The van der Waals surface area contributed by atoms with Crippen molar-refractivity contribution in [2.24, 2.45) is 0 Å². The minimum atomic E-state index is -0.373. The van der Waals surface area contributed by atoms with Crippen LogP contribution in [0.15, 0.2) is 18.3 Å². The lowest BCUT2D eigenvalue weighted by Gasteiger charge is -2.42. The number of aromatic nitrogens is 1. The molecular formula is C17H25N3O2. The van der Waals surface area contributed by atoms with Gasteiger partial charge >= 0.3 is 0 Å². The molecule has 0 aliphatic heterocycles. The van der Waals surface area contributed by atoms with E-state index < -0.39 is 0 Å². The molecule has 2 aliphatic rings. The van der Waals surface area contributed by atoms with E-state index in [9.17, 15) is 10.1 Å². The first-order valence-corrected chi connectivity index (χ1v) is 8.64. The molecule has 2 fully saturated rings. The van der Waals surface area contributed by atoms with Crippen molar-refractivity contribution in [2.75, 3.05) is 4.90 Å². The number of hydrogen-bond donors (Lipinski definition) is 0. The predicted octanol–water partition coefficient (Wildman–Crippen LogP) is 4.46. The second kappa shape index (κ2) is 7.07. The van der Waals surface area contributed by atoms with Gasteiger partial charge in [-0.15, -0.1) is 0 Å². The van der Waals surface area contributed by atoms with Gasteiger partial charge in [0.15, 0.2) is 0 Å². The number of anilines is 1. The average Bonchev–Trinajstić information content (AvgIpc) is 2.57. The first-order valence-electron chi connectivity index (χ1n) is 8.64. The summed E-state index contributed by atoms with van der Waals surface area (Å²) in [5.41, 5.74) is 0.0796. The minimum Gasteiger partial charge on any atom is -0.351 e. The monoisotopic (exact) mass is 303 g/mol. The van der Waals surface area contributed by atoms with Gasteiger partial charge in [-0.3, -0.25) is 10.1 Å². The second-order valence-electron chi connectivity index (χ2n) is 6.62. The summed E-state index contributed by atoms with van der Waals surface area (Å²) in [5, 5.41) is 10.8. The molecule has 120 valence electrons. The predicted molar refractivity (Wildman–Crippen MR) is 87.1 cm³/mol. The number of nitrogens with zero attached hydrogens (tertiary/aromatic N) is 3. The molecule has 2 aliphatic carbocycles. The van der Waals surface area contributed by atoms with Crippen molar-refractivity contribution >= 4 is 11.5 Å². The molecule has 0 radical (unpaired) electrons. The van der Waals surface area contributed by atoms with Crippen LogP contribution in [-0.2, 0) is 0 Å². The van der Waals surface area contributed by atoms with E-state index in [0.717, 1.165) is 5.82 Å². The van der Waals surface area contributed by atoms with Crippen LogP contribution in [0.2, 0.25) is 0 Å². The summed E-state index contributed by atoms with van der Waals surface area (Å²) in [7, 11) is 0. The normalized spacial score (nSPS) is 20.7. The van der Waals surface area contributed by atoms with E-state index in [0.29, 0.717) is 12.1 Å². The van der Waals surface area contributed by atoms with E-state index in [2.05, 4.69) is 9.88 Å². The zero-order valence-corrected chi connectivity index (χ0v) is 13.1. The van der Waals surface area contributed by atoms with Crippen LogP contribution in [0.3, 0.4) is 0 Å². The van der Waals surface area contributed by atoms with Gasteiger partial charge in [0, 0.05) is 18.2 Å². The lowest BCUT2D eigenvalue weighted by Crippen LogP contribution is -2.45. The highest BCUT2D eigenvalue weighted by atomic mass is 16.6. The molecule has 2 saturated carbocycles. The van der Waals surface area contributed by atoms with Crippen molar-refractivity contribution in [3.8, 4) is 0 Å². The molecule has 0 amide bonds. The third-order valence-corrected chi connectivity index (χ3v) is 5.14. The van der Waals surface area contributed by atoms with E-state index in [1.807, 2.05) is 6.07 Å². The Kier molecular flexibility index (Phi) is 4.90. The van der Waals surface area contributed by atoms with Crippen LogP contribution in [0.4, 0.5) is 11.5 Å². The number of hydrogen-bond acceptors (Lipinski definition) is 4. The van der Waals surface area contributed by atoms with Crippen LogP contribution in [-0.4, -0.2) is 22.0 Å². The lowest BCUT2D eigenvalue weighted by atomic mass is 9.88. The molecule has 0 atom stereocenters. The van der Waals surface area contributed by atoms with Gasteiger partial charge in [-0.1, -0.05) is 38.5 Å². The third kappa shape index (κ3) is 3.39. The van der Waals surface area contributed by atoms with Gasteiger partial charge in [-0.2, -0.15) is 0 Å². The lowest BCUT2D eigenvalue weighted by molar-refractivity contribution is -0.385. The standard InChI is InChI=1S/C17H25N3O2/c21-20(22)16-11-12-17(18-13-16)19(14-7-3-1-4-8-14)15-9-5-2-6-10-15/h11-15H,1-10H2. The van der Waals surface area contributed by atoms with Crippen molar-refractivity contribution in [1.29, 1.82) is 0 Å². The number of nitro groups is 1. The Labute approximate surface area is 131 Å². The molecule has 0 aromatic carbocycles. The van der Waals surface area contributed by atoms with Gasteiger partial charge in [-0.05, 0) is 31.7 Å². The van der Waals surface area contributed by atoms with E-state index >= 15 is 0 Å². The van der Waals surface area contributed by atoms with E-state index in [1.54, 1.807) is 6.07 Å². The fourth-order valence-corrected chi connectivity index (χ4v) is 4.03. The zero-order valence-electron chi connectivity index (χ0n) is 13.1. The summed E-state index contributed by atoms with van der Waals surface area (Å²) in [5.74, 6) is 0.935. The summed E-state index contributed by atoms with van der Waals surface area (Å²) >= 11 is 0. The fourth-order valence-electron chi connectivity index (χ4n) is 4.03. The molecule has 1 heterocycles. The number of pyridine rings is 1. The average molecular weight is 303 g/mol. The van der Waals surface area contributed by atoms with Crippen molar-refractivity contribution in [3.05, 3.63) is 28.4 Å². The Balaban J connectivity index is 1.84. The van der Waals surface area contributed by atoms with Crippen molar-refractivity contribution in [3.63, 3.8) is 0 Å². The maximum Gasteiger partial charge on any atom is 0.287 e. The molecule has 0 N–H and O–H groups in total. The van der Waals surface area contributed by atoms with Crippen LogP contribution in [0, 0.1) is 10.1 Å². The summed E-state index contributed by atoms with van der Waals surface area (Å²) in [6, 6.07) is 4.57. The molecule has 1 aromatic rings. The van der Waals surface area contributed by atoms with Crippen LogP contribution in [0.25, 0.3) is 0 Å². The minimum absolute atomic E-state index is 0.0796. The smallest absolute Gasteiger partial charge is 0.287 e. The molecule has 5 nitrogen and oxygen atoms in total. The molecule has 1 aromatic heterocycles. The Morgan fingerprint density at radius 1 is 0.955 bits per heavy atom. The van der Waals surface area contributed by atoms with Crippen LogP contribution in [0.5, 0.6) is 0 Å². The maximum atomic E-state index is 10.8. The molecule has 0 unspecified atom stereocenters. The van der Waals surface area contributed by atoms with Gasteiger partial charge in [-0.25, -0.2) is 4.98 Å². The quantitative estimate of drug-likeness (QED) is 0.608. The van der Waals surface area contributed by atoms with Crippen LogP contribution < -0.4 is 4.90 Å². The van der Waals surface area contributed by atoms with Gasteiger partial charge in [0.05, 0.1) is 4.92 Å². The maximum absolute atomic E-state index is 10.8. The van der Waals surface area contributed by atoms with Gasteiger partial charge in [0.1, 0.15) is 12.0 Å². The molecule has 0 spiro atoms. The Morgan fingerprint density at radius 3 is 1.91 bits per heavy atom. The Morgan fingerprint density at radius 2 is 1.50 bits per heavy atom. The first-order chi connectivity index (χ1) is 10.8. The van der Waals surface area contributed by atoms with Crippen LogP contribution in [0.1, 0.15) is 64.2 Å². The molecule has 0 bridgehead atoms. The number of rotatable bonds is 4. The summed E-state index contributed by atoms with van der Waals surface area (Å²) in [4.78, 5) is 17.4. The first kappa shape index (κ1) is 15.3. The highest BCUT2D eigenvalue weighted by Gasteiger charge is 2.30. The molecular weight excluding hydrogens is 278 g/mol. The summed E-state index contributed by atoms with van der Waals surface area (Å²) in [6.45, 7) is 0. The molecule has 0 saturated heterocycles. The van der Waals surface area contributed by atoms with Gasteiger partial charge in [0.2, 0.25) is 0 Å². The second-order valence-corrected chi connectivity index (χ2v) is 6.62. The van der Waals surface area contributed by atoms with Gasteiger partial charge < -0.3 is 4.90 Å². The largest absolute Gasteiger partial charge is 0.351 e. The van der Waals surface area contributed by atoms with Crippen molar-refractivity contribution in [1.82, 2.24) is 4.98 Å². The van der Waals surface area contributed by atoms with E-state index in [1.165, 1.54) is 70.4 Å². The third-order valence-electron chi connectivity index (χ3n) is 5.14. The molecule has 22 heavy (non-hydrogen) atoms. The van der Waals surface area contributed by atoms with Gasteiger partial charge in [0.25, 0.3) is 5.69 Å². The van der Waals surface area contributed by atoms with E-state index in [4.69, 9.17) is 0 Å². The van der Waals surface area contributed by atoms with Crippen molar-refractivity contribution in [2.45, 2.75) is 76.3 Å². The fraction of sp³-hybridized carbons (Fsp3) is 0.706. The summed E-state index contributed by atoms with van der Waals surface area (Å²) < 4.78 is 0. The zero-order chi connectivity index (χ0) is 15.4. The molecule has 5 heteroatoms. The SMILES string of the molecule is O=[N+]([O-])c1ccc(N(C2CCCCC2)C2CCCCC2)nc1. The Hall–Kier alpha value is -1.65. The highest BCUT2D eigenvalue weighted by Crippen LogP contribution is 2.33. The van der Waals surface area contributed by atoms with Crippen LogP contribution >= 0.6 is 0 Å². The molecule has 3 rings (SSSR count). The highest BCUT2D eigenvalue weighted by molar-refractivity contribution is 5.45.